The van der Waals surface area contributed by atoms with Gasteiger partial charge in [-0.2, -0.15) is 0 Å². The highest BCUT2D eigenvalue weighted by atomic mass is 79.9. The van der Waals surface area contributed by atoms with E-state index in [1.54, 1.807) is 18.2 Å². The van der Waals surface area contributed by atoms with Crippen molar-refractivity contribution in [2.75, 3.05) is 7.05 Å². The molecule has 1 aromatic rings. The quantitative estimate of drug-likeness (QED) is 0.856. The summed E-state index contributed by atoms with van der Waals surface area (Å²) < 4.78 is 26.4. The third-order valence-electron chi connectivity index (χ3n) is 3.87. The molecule has 0 heterocycles. The lowest BCUT2D eigenvalue weighted by atomic mass is 10.1. The molecule has 1 aromatic carbocycles. The van der Waals surface area contributed by atoms with Crippen LogP contribution in [0, 0.1) is 0 Å². The zero-order chi connectivity index (χ0) is 13.9. The summed E-state index contributed by atoms with van der Waals surface area (Å²) in [6, 6.07) is 7.16. The molecule has 1 fully saturated rings. The van der Waals surface area contributed by atoms with E-state index in [1.165, 1.54) is 0 Å². The third kappa shape index (κ3) is 3.20. The number of hydrogen-bond donors (Lipinski definition) is 1. The van der Waals surface area contributed by atoms with Crippen molar-refractivity contribution in [3.05, 3.63) is 28.7 Å². The molecule has 0 amide bonds. The number of sulfone groups is 1. The molecule has 2 atom stereocenters. The molecule has 0 saturated heterocycles. The van der Waals surface area contributed by atoms with E-state index in [9.17, 15) is 8.42 Å². The predicted octanol–water partition coefficient (Wildman–Crippen LogP) is 3.14. The van der Waals surface area contributed by atoms with Crippen molar-refractivity contribution >= 4 is 25.8 Å². The summed E-state index contributed by atoms with van der Waals surface area (Å²) in [7, 11) is -1.43. The zero-order valence-corrected chi connectivity index (χ0v) is 13.5. The summed E-state index contributed by atoms with van der Waals surface area (Å²) in [5.74, 6) is 0. The van der Waals surface area contributed by atoms with Crippen LogP contribution in [0.25, 0.3) is 0 Å². The molecule has 106 valence electrons. The molecule has 2 unspecified atom stereocenters. The molecule has 5 heteroatoms. The monoisotopic (exact) mass is 345 g/mol. The molecule has 1 aliphatic rings. The Labute approximate surface area is 123 Å². The fraction of sp³-hybridized carbons (Fsp3) is 0.571. The van der Waals surface area contributed by atoms with E-state index in [1.807, 2.05) is 13.1 Å². The molecule has 0 aromatic heterocycles. The van der Waals surface area contributed by atoms with Crippen LogP contribution in [0.3, 0.4) is 0 Å². The van der Waals surface area contributed by atoms with Crippen molar-refractivity contribution in [2.24, 2.45) is 0 Å². The van der Waals surface area contributed by atoms with Gasteiger partial charge >= 0.3 is 0 Å². The molecule has 2 rings (SSSR count). The minimum atomic E-state index is -3.29. The summed E-state index contributed by atoms with van der Waals surface area (Å²) in [5, 5.41) is 2.87. The predicted molar refractivity (Wildman–Crippen MR) is 81.0 cm³/mol. The van der Waals surface area contributed by atoms with Crippen LogP contribution in [0.5, 0.6) is 0 Å². The SMILES string of the molecule is CNC1CCCCCC1S(=O)(=O)c1ccccc1Br. The lowest BCUT2D eigenvalue weighted by molar-refractivity contribution is 0.480. The number of nitrogens with one attached hydrogen (secondary N) is 1. The lowest BCUT2D eigenvalue weighted by Gasteiger charge is -2.25. The maximum Gasteiger partial charge on any atom is 0.183 e. The Morgan fingerprint density at radius 2 is 1.84 bits per heavy atom. The second kappa shape index (κ2) is 6.37. The van der Waals surface area contributed by atoms with Gasteiger partial charge in [-0.05, 0) is 48.0 Å². The minimum absolute atomic E-state index is 0.0552. The Kier molecular flexibility index (Phi) is 5.03. The highest BCUT2D eigenvalue weighted by Crippen LogP contribution is 2.31. The molecular formula is C14H20BrNO2S. The van der Waals surface area contributed by atoms with Gasteiger partial charge in [-0.3, -0.25) is 0 Å². The Hall–Kier alpha value is -0.390. The Balaban J connectivity index is 2.39. The standard InChI is InChI=1S/C14H20BrNO2S/c1-16-12-8-3-2-4-10-14(12)19(17,18)13-9-6-5-7-11(13)15/h5-7,9,12,14,16H,2-4,8,10H2,1H3. The van der Waals surface area contributed by atoms with Crippen molar-refractivity contribution in [3.8, 4) is 0 Å². The summed E-state index contributed by atoms with van der Waals surface area (Å²) in [6.45, 7) is 0. The van der Waals surface area contributed by atoms with Crippen molar-refractivity contribution < 1.29 is 8.42 Å². The van der Waals surface area contributed by atoms with Gasteiger partial charge in [0.25, 0.3) is 0 Å². The second-order valence-electron chi connectivity index (χ2n) is 5.05. The van der Waals surface area contributed by atoms with E-state index in [-0.39, 0.29) is 11.3 Å². The first kappa shape index (κ1) is 15.0. The molecule has 19 heavy (non-hydrogen) atoms. The topological polar surface area (TPSA) is 46.2 Å². The average Bonchev–Trinajstić information content (AvgIpc) is 2.64. The average molecular weight is 346 g/mol. The Bertz CT molecular complexity index is 530. The number of halogens is 1. The van der Waals surface area contributed by atoms with Gasteiger partial charge in [-0.15, -0.1) is 0 Å². The first-order valence-corrected chi connectivity index (χ1v) is 9.07. The van der Waals surface area contributed by atoms with Gasteiger partial charge in [0.2, 0.25) is 0 Å². The molecule has 3 nitrogen and oxygen atoms in total. The van der Waals surface area contributed by atoms with E-state index in [2.05, 4.69) is 21.2 Å². The van der Waals surface area contributed by atoms with E-state index in [0.29, 0.717) is 9.37 Å². The van der Waals surface area contributed by atoms with Crippen LogP contribution in [-0.4, -0.2) is 26.8 Å². The fourth-order valence-electron chi connectivity index (χ4n) is 2.81. The van der Waals surface area contributed by atoms with Crippen LogP contribution in [0.2, 0.25) is 0 Å². The zero-order valence-electron chi connectivity index (χ0n) is 11.1. The first-order valence-electron chi connectivity index (χ1n) is 6.73. The van der Waals surface area contributed by atoms with Crippen LogP contribution in [0.1, 0.15) is 32.1 Å². The van der Waals surface area contributed by atoms with Gasteiger partial charge in [0.15, 0.2) is 9.84 Å². The molecular weight excluding hydrogens is 326 g/mol. The van der Waals surface area contributed by atoms with Gasteiger partial charge < -0.3 is 5.32 Å². The first-order chi connectivity index (χ1) is 9.07. The van der Waals surface area contributed by atoms with Gasteiger partial charge in [-0.25, -0.2) is 8.42 Å². The third-order valence-corrected chi connectivity index (χ3v) is 7.15. The number of benzene rings is 1. The van der Waals surface area contributed by atoms with Crippen molar-refractivity contribution in [1.82, 2.24) is 5.32 Å². The summed E-state index contributed by atoms with van der Waals surface area (Å²) >= 11 is 3.36. The molecule has 1 saturated carbocycles. The van der Waals surface area contributed by atoms with Gasteiger partial charge in [0.05, 0.1) is 10.1 Å². The van der Waals surface area contributed by atoms with E-state index in [0.717, 1.165) is 32.1 Å². The molecule has 0 radical (unpaired) electrons. The molecule has 0 spiro atoms. The Morgan fingerprint density at radius 1 is 1.16 bits per heavy atom. The highest BCUT2D eigenvalue weighted by Gasteiger charge is 2.35. The van der Waals surface area contributed by atoms with Crippen molar-refractivity contribution in [3.63, 3.8) is 0 Å². The number of hydrogen-bond acceptors (Lipinski definition) is 3. The smallest absolute Gasteiger partial charge is 0.183 e. The van der Waals surface area contributed by atoms with Crippen LogP contribution < -0.4 is 5.32 Å². The minimum Gasteiger partial charge on any atom is -0.316 e. The summed E-state index contributed by atoms with van der Waals surface area (Å²) in [6.07, 6.45) is 4.90. The molecule has 1 N–H and O–H groups in total. The van der Waals surface area contributed by atoms with Gasteiger partial charge in [0.1, 0.15) is 0 Å². The largest absolute Gasteiger partial charge is 0.316 e. The second-order valence-corrected chi connectivity index (χ2v) is 8.04. The highest BCUT2D eigenvalue weighted by molar-refractivity contribution is 9.10. The maximum atomic E-state index is 12.9. The van der Waals surface area contributed by atoms with Crippen LogP contribution in [-0.2, 0) is 9.84 Å². The van der Waals surface area contributed by atoms with Crippen molar-refractivity contribution in [1.29, 1.82) is 0 Å². The summed E-state index contributed by atoms with van der Waals surface area (Å²) in [4.78, 5) is 0.419. The fourth-order valence-corrected chi connectivity index (χ4v) is 5.89. The van der Waals surface area contributed by atoms with Crippen LogP contribution in [0.4, 0.5) is 0 Å². The Morgan fingerprint density at radius 3 is 2.53 bits per heavy atom. The van der Waals surface area contributed by atoms with Crippen molar-refractivity contribution in [2.45, 2.75) is 48.3 Å². The molecule has 1 aliphatic carbocycles. The van der Waals surface area contributed by atoms with E-state index < -0.39 is 9.84 Å². The van der Waals surface area contributed by atoms with E-state index in [4.69, 9.17) is 0 Å². The maximum absolute atomic E-state index is 12.9. The molecule has 0 aliphatic heterocycles. The summed E-state index contributed by atoms with van der Waals surface area (Å²) in [5.41, 5.74) is 0. The molecule has 0 bridgehead atoms. The van der Waals surface area contributed by atoms with Crippen LogP contribution >= 0.6 is 15.9 Å². The van der Waals surface area contributed by atoms with Gasteiger partial charge in [0, 0.05) is 10.5 Å². The normalized spacial score (nSPS) is 24.9. The number of rotatable bonds is 3. The lowest BCUT2D eigenvalue weighted by Crippen LogP contribution is -2.41. The van der Waals surface area contributed by atoms with Crippen LogP contribution in [0.15, 0.2) is 33.6 Å². The van der Waals surface area contributed by atoms with Gasteiger partial charge in [-0.1, -0.05) is 31.4 Å². The van der Waals surface area contributed by atoms with E-state index >= 15 is 0 Å².